The van der Waals surface area contributed by atoms with Gasteiger partial charge in [-0.3, -0.25) is 4.79 Å². The first-order chi connectivity index (χ1) is 11.2. The number of rotatable bonds is 5. The molecule has 2 heterocycles. The standard InChI is InChI=1S/C16H17NO6S/c1-9(18)13-12-7-10(14(16(20)21)17(12)15(13)19)8-24(22,23)11-5-3-2-4-6-11/h2-6,9,12-13,18H,7-8H2,1H3,(H,20,21)/t9-,12+,13+/m1/s1. The Balaban J connectivity index is 1.93. The average molecular weight is 351 g/mol. The Labute approximate surface area is 139 Å². The summed E-state index contributed by atoms with van der Waals surface area (Å²) >= 11 is 0. The second-order valence-corrected chi connectivity index (χ2v) is 8.07. The minimum absolute atomic E-state index is 0.106. The Hall–Kier alpha value is -2.19. The molecule has 3 rings (SSSR count). The molecule has 0 radical (unpaired) electrons. The zero-order chi connectivity index (χ0) is 17.6. The highest BCUT2D eigenvalue weighted by atomic mass is 32.2. The number of hydrogen-bond acceptors (Lipinski definition) is 5. The molecule has 1 aromatic carbocycles. The van der Waals surface area contributed by atoms with Crippen LogP contribution in [-0.2, 0) is 19.4 Å². The first-order valence-corrected chi connectivity index (χ1v) is 9.13. The van der Waals surface area contributed by atoms with Crippen molar-refractivity contribution in [3.8, 4) is 0 Å². The van der Waals surface area contributed by atoms with Crippen molar-refractivity contribution in [3.63, 3.8) is 0 Å². The van der Waals surface area contributed by atoms with Crippen LogP contribution in [0.5, 0.6) is 0 Å². The highest BCUT2D eigenvalue weighted by molar-refractivity contribution is 7.91. The summed E-state index contributed by atoms with van der Waals surface area (Å²) in [5, 5.41) is 19.1. The third-order valence-corrected chi connectivity index (χ3v) is 6.21. The maximum Gasteiger partial charge on any atom is 0.352 e. The number of amides is 1. The van der Waals surface area contributed by atoms with E-state index in [1.54, 1.807) is 18.2 Å². The molecule has 128 valence electrons. The van der Waals surface area contributed by atoms with Crippen LogP contribution in [0.1, 0.15) is 13.3 Å². The topological polar surface area (TPSA) is 112 Å². The molecule has 2 aliphatic heterocycles. The third kappa shape index (κ3) is 2.51. The number of fused-ring (bicyclic) bond motifs is 1. The van der Waals surface area contributed by atoms with E-state index in [9.17, 15) is 28.2 Å². The largest absolute Gasteiger partial charge is 0.477 e. The van der Waals surface area contributed by atoms with E-state index in [4.69, 9.17) is 0 Å². The average Bonchev–Trinajstić information content (AvgIpc) is 2.81. The van der Waals surface area contributed by atoms with E-state index in [1.165, 1.54) is 19.1 Å². The number of carbonyl (C=O) groups excluding carboxylic acids is 1. The molecular formula is C16H17NO6S. The van der Waals surface area contributed by atoms with Crippen molar-refractivity contribution in [2.45, 2.75) is 30.4 Å². The van der Waals surface area contributed by atoms with Gasteiger partial charge in [0.25, 0.3) is 0 Å². The summed E-state index contributed by atoms with van der Waals surface area (Å²) in [7, 11) is -3.71. The van der Waals surface area contributed by atoms with Gasteiger partial charge in [-0.15, -0.1) is 0 Å². The van der Waals surface area contributed by atoms with E-state index in [2.05, 4.69) is 0 Å². The van der Waals surface area contributed by atoms with Crippen LogP contribution in [0.2, 0.25) is 0 Å². The molecule has 0 unspecified atom stereocenters. The van der Waals surface area contributed by atoms with Gasteiger partial charge < -0.3 is 15.1 Å². The van der Waals surface area contributed by atoms with E-state index in [1.807, 2.05) is 0 Å². The van der Waals surface area contributed by atoms with Gasteiger partial charge >= 0.3 is 5.97 Å². The second-order valence-electron chi connectivity index (χ2n) is 6.08. The zero-order valence-corrected chi connectivity index (χ0v) is 13.7. The van der Waals surface area contributed by atoms with Gasteiger partial charge in [0.05, 0.1) is 28.7 Å². The molecular weight excluding hydrogens is 334 g/mol. The summed E-state index contributed by atoms with van der Waals surface area (Å²) < 4.78 is 25.0. The van der Waals surface area contributed by atoms with Gasteiger partial charge in [-0.1, -0.05) is 18.2 Å². The van der Waals surface area contributed by atoms with E-state index < -0.39 is 45.5 Å². The predicted molar refractivity (Wildman–Crippen MR) is 83.6 cm³/mol. The molecule has 0 spiro atoms. The lowest BCUT2D eigenvalue weighted by atomic mass is 9.83. The van der Waals surface area contributed by atoms with Crippen LogP contribution in [0.15, 0.2) is 46.5 Å². The van der Waals surface area contributed by atoms with Crippen molar-refractivity contribution in [2.24, 2.45) is 5.92 Å². The fraction of sp³-hybridized carbons (Fsp3) is 0.375. The molecule has 1 amide bonds. The maximum atomic E-state index is 12.5. The Morgan fingerprint density at radius 2 is 1.96 bits per heavy atom. The lowest BCUT2D eigenvalue weighted by Crippen LogP contribution is -2.61. The maximum absolute atomic E-state index is 12.5. The second kappa shape index (κ2) is 5.71. The SMILES string of the molecule is C[C@@H](O)[C@@H]1C(=O)N2C(C(=O)O)=C(CS(=O)(=O)c3ccccc3)C[C@@H]12. The summed E-state index contributed by atoms with van der Waals surface area (Å²) in [6.07, 6.45) is -0.756. The van der Waals surface area contributed by atoms with Crippen LogP contribution in [0.3, 0.4) is 0 Å². The molecule has 3 atom stereocenters. The minimum atomic E-state index is -3.71. The summed E-state index contributed by atoms with van der Waals surface area (Å²) in [6, 6.07) is 7.29. The highest BCUT2D eigenvalue weighted by Gasteiger charge is 2.56. The van der Waals surface area contributed by atoms with Crippen LogP contribution in [-0.4, -0.2) is 53.3 Å². The number of benzene rings is 1. The number of nitrogens with zero attached hydrogens (tertiary/aromatic N) is 1. The van der Waals surface area contributed by atoms with Gasteiger partial charge in [0, 0.05) is 0 Å². The Morgan fingerprint density at radius 1 is 1.33 bits per heavy atom. The quantitative estimate of drug-likeness (QED) is 0.743. The number of hydrogen-bond donors (Lipinski definition) is 2. The smallest absolute Gasteiger partial charge is 0.352 e. The van der Waals surface area contributed by atoms with Crippen molar-refractivity contribution >= 4 is 21.7 Å². The number of carboxylic acids is 1. The monoisotopic (exact) mass is 351 g/mol. The summed E-state index contributed by atoms with van der Waals surface area (Å²) in [5.41, 5.74) is -0.0609. The fourth-order valence-corrected chi connectivity index (χ4v) is 4.88. The number of carbonyl (C=O) groups is 2. The summed E-state index contributed by atoms with van der Waals surface area (Å²) in [4.78, 5) is 24.8. The van der Waals surface area contributed by atoms with Gasteiger partial charge in [0.2, 0.25) is 5.91 Å². The first-order valence-electron chi connectivity index (χ1n) is 7.48. The van der Waals surface area contributed by atoms with Crippen molar-refractivity contribution in [1.82, 2.24) is 4.90 Å². The number of aliphatic hydroxyl groups excluding tert-OH is 1. The van der Waals surface area contributed by atoms with Crippen LogP contribution in [0.25, 0.3) is 0 Å². The minimum Gasteiger partial charge on any atom is -0.477 e. The van der Waals surface area contributed by atoms with Crippen LogP contribution < -0.4 is 0 Å². The van der Waals surface area contributed by atoms with Crippen molar-refractivity contribution in [3.05, 3.63) is 41.6 Å². The zero-order valence-electron chi connectivity index (χ0n) is 12.9. The van der Waals surface area contributed by atoms with E-state index >= 15 is 0 Å². The van der Waals surface area contributed by atoms with Gasteiger partial charge in [-0.25, -0.2) is 13.2 Å². The van der Waals surface area contributed by atoms with Crippen LogP contribution in [0, 0.1) is 5.92 Å². The molecule has 7 nitrogen and oxygen atoms in total. The Morgan fingerprint density at radius 3 is 2.50 bits per heavy atom. The molecule has 0 aromatic heterocycles. The molecule has 1 aromatic rings. The molecule has 2 aliphatic rings. The number of β-lactam (4-membered cyclic amide) rings is 1. The molecule has 8 heteroatoms. The van der Waals surface area contributed by atoms with E-state index in [-0.39, 0.29) is 22.6 Å². The van der Waals surface area contributed by atoms with Crippen LogP contribution >= 0.6 is 0 Å². The number of aliphatic carboxylic acids is 1. The van der Waals surface area contributed by atoms with E-state index in [0.29, 0.717) is 0 Å². The first kappa shape index (κ1) is 16.7. The molecule has 0 bridgehead atoms. The molecule has 0 saturated carbocycles. The number of carboxylic acid groups (broad SMARTS) is 1. The molecule has 0 aliphatic carbocycles. The molecule has 1 saturated heterocycles. The van der Waals surface area contributed by atoms with Gasteiger partial charge in [-0.05, 0) is 31.1 Å². The summed E-state index contributed by atoms with van der Waals surface area (Å²) in [6.45, 7) is 1.47. The molecule has 1 fully saturated rings. The Kier molecular flexibility index (Phi) is 3.97. The van der Waals surface area contributed by atoms with Crippen LogP contribution in [0.4, 0.5) is 0 Å². The van der Waals surface area contributed by atoms with Crippen molar-refractivity contribution < 1.29 is 28.2 Å². The lowest BCUT2D eigenvalue weighted by Gasteiger charge is -2.44. The van der Waals surface area contributed by atoms with Crippen molar-refractivity contribution in [1.29, 1.82) is 0 Å². The third-order valence-electron chi connectivity index (χ3n) is 4.49. The lowest BCUT2D eigenvalue weighted by molar-refractivity contribution is -0.161. The fourth-order valence-electron chi connectivity index (χ4n) is 3.43. The van der Waals surface area contributed by atoms with Gasteiger partial charge in [0.15, 0.2) is 9.84 Å². The van der Waals surface area contributed by atoms with Gasteiger partial charge in [-0.2, -0.15) is 0 Å². The molecule has 24 heavy (non-hydrogen) atoms. The van der Waals surface area contributed by atoms with E-state index in [0.717, 1.165) is 4.90 Å². The summed E-state index contributed by atoms with van der Waals surface area (Å²) in [5.74, 6) is -2.94. The predicted octanol–water partition coefficient (Wildman–Crippen LogP) is 0.410. The van der Waals surface area contributed by atoms with Gasteiger partial charge in [0.1, 0.15) is 5.70 Å². The Bertz CT molecular complexity index is 827. The number of aliphatic hydroxyl groups is 1. The highest BCUT2D eigenvalue weighted by Crippen LogP contribution is 2.44. The normalized spacial score (nSPS) is 24.6. The molecule has 2 N–H and O–H groups in total. The number of sulfone groups is 1. The van der Waals surface area contributed by atoms with Crippen molar-refractivity contribution in [2.75, 3.05) is 5.75 Å².